The van der Waals surface area contributed by atoms with Crippen LogP contribution in [0.25, 0.3) is 0 Å². The number of nitrogens with zero attached hydrogens (tertiary/aromatic N) is 2. The van der Waals surface area contributed by atoms with Crippen molar-refractivity contribution in [1.29, 1.82) is 0 Å². The highest BCUT2D eigenvalue weighted by Crippen LogP contribution is 2.28. The fraction of sp³-hybridized carbons (Fsp3) is 0.500. The zero-order chi connectivity index (χ0) is 13.3. The van der Waals surface area contributed by atoms with Gasteiger partial charge in [-0.3, -0.25) is 4.79 Å². The Morgan fingerprint density at radius 1 is 1.44 bits per heavy atom. The lowest BCUT2D eigenvalue weighted by atomic mass is 9.97. The minimum absolute atomic E-state index is 0.0947. The van der Waals surface area contributed by atoms with Gasteiger partial charge in [0.15, 0.2) is 0 Å². The summed E-state index contributed by atoms with van der Waals surface area (Å²) < 4.78 is 0. The highest BCUT2D eigenvalue weighted by Gasteiger charge is 2.29. The minimum Gasteiger partial charge on any atom is -0.358 e. The van der Waals surface area contributed by atoms with E-state index in [9.17, 15) is 4.79 Å². The van der Waals surface area contributed by atoms with E-state index in [0.29, 0.717) is 0 Å². The van der Waals surface area contributed by atoms with Crippen LogP contribution in [0.1, 0.15) is 12.5 Å². The van der Waals surface area contributed by atoms with Crippen molar-refractivity contribution in [2.75, 3.05) is 25.5 Å². The standard InChI is InChI=1S/C14H21N3O/c1-10(14(18)16(2)3)17-9-12(15)8-11-6-4-5-7-13(11)17/h4-7,10,12H,8-9,15H2,1-3H3. The van der Waals surface area contributed by atoms with Gasteiger partial charge < -0.3 is 15.5 Å². The normalized spacial score (nSPS) is 20.2. The summed E-state index contributed by atoms with van der Waals surface area (Å²) in [6.07, 6.45) is 0.884. The van der Waals surface area contributed by atoms with Crippen LogP contribution in [0.4, 0.5) is 5.69 Å². The molecule has 4 nitrogen and oxygen atoms in total. The maximum atomic E-state index is 12.1. The van der Waals surface area contributed by atoms with Crippen LogP contribution in [0.3, 0.4) is 0 Å². The van der Waals surface area contributed by atoms with Gasteiger partial charge in [-0.15, -0.1) is 0 Å². The molecule has 0 aromatic heterocycles. The van der Waals surface area contributed by atoms with E-state index in [1.54, 1.807) is 19.0 Å². The van der Waals surface area contributed by atoms with Gasteiger partial charge in [0.25, 0.3) is 0 Å². The summed E-state index contributed by atoms with van der Waals surface area (Å²) in [6.45, 7) is 2.68. The van der Waals surface area contributed by atoms with Gasteiger partial charge >= 0.3 is 0 Å². The van der Waals surface area contributed by atoms with E-state index in [2.05, 4.69) is 17.0 Å². The first-order chi connectivity index (χ1) is 8.50. The Morgan fingerprint density at radius 3 is 2.78 bits per heavy atom. The fourth-order valence-electron chi connectivity index (χ4n) is 2.54. The zero-order valence-corrected chi connectivity index (χ0v) is 11.3. The number of benzene rings is 1. The van der Waals surface area contributed by atoms with Crippen molar-refractivity contribution >= 4 is 11.6 Å². The van der Waals surface area contributed by atoms with Gasteiger partial charge in [-0.1, -0.05) is 18.2 Å². The first kappa shape index (κ1) is 12.9. The molecule has 0 bridgehead atoms. The maximum absolute atomic E-state index is 12.1. The third kappa shape index (κ3) is 2.34. The van der Waals surface area contributed by atoms with Gasteiger partial charge in [0.2, 0.25) is 5.91 Å². The molecular weight excluding hydrogens is 226 g/mol. The maximum Gasteiger partial charge on any atom is 0.244 e. The number of carbonyl (C=O) groups is 1. The van der Waals surface area contributed by atoms with Crippen molar-refractivity contribution in [3.8, 4) is 0 Å². The number of anilines is 1. The summed E-state index contributed by atoms with van der Waals surface area (Å²) in [5.41, 5.74) is 8.46. The molecule has 98 valence electrons. The van der Waals surface area contributed by atoms with Gasteiger partial charge in [-0.2, -0.15) is 0 Å². The van der Waals surface area contributed by atoms with E-state index in [4.69, 9.17) is 5.73 Å². The molecule has 0 fully saturated rings. The minimum atomic E-state index is -0.174. The van der Waals surface area contributed by atoms with Crippen LogP contribution >= 0.6 is 0 Å². The first-order valence-corrected chi connectivity index (χ1v) is 6.32. The molecule has 18 heavy (non-hydrogen) atoms. The Balaban J connectivity index is 2.31. The molecule has 2 atom stereocenters. The molecule has 1 amide bonds. The first-order valence-electron chi connectivity index (χ1n) is 6.32. The van der Waals surface area contributed by atoms with Gasteiger partial charge in [-0.05, 0) is 25.0 Å². The molecule has 2 N–H and O–H groups in total. The van der Waals surface area contributed by atoms with Crippen molar-refractivity contribution in [1.82, 2.24) is 4.90 Å². The monoisotopic (exact) mass is 247 g/mol. The second kappa shape index (κ2) is 4.98. The average Bonchev–Trinajstić information content (AvgIpc) is 2.35. The topological polar surface area (TPSA) is 49.6 Å². The van der Waals surface area contributed by atoms with Crippen LogP contribution in [0.5, 0.6) is 0 Å². The van der Waals surface area contributed by atoms with Gasteiger partial charge in [0.1, 0.15) is 6.04 Å². The lowest BCUT2D eigenvalue weighted by Crippen LogP contribution is -2.52. The number of hydrogen-bond donors (Lipinski definition) is 1. The van der Waals surface area contributed by atoms with Crippen molar-refractivity contribution in [3.63, 3.8) is 0 Å². The lowest BCUT2D eigenvalue weighted by molar-refractivity contribution is -0.129. The van der Waals surface area contributed by atoms with Crippen molar-refractivity contribution in [2.45, 2.75) is 25.4 Å². The third-order valence-corrected chi connectivity index (χ3v) is 3.48. The molecule has 2 rings (SSSR count). The van der Waals surface area contributed by atoms with Crippen LogP contribution in [-0.4, -0.2) is 43.5 Å². The Kier molecular flexibility index (Phi) is 3.57. The second-order valence-electron chi connectivity index (χ2n) is 5.15. The molecular formula is C14H21N3O. The highest BCUT2D eigenvalue weighted by molar-refractivity contribution is 5.85. The van der Waals surface area contributed by atoms with E-state index in [-0.39, 0.29) is 18.0 Å². The number of para-hydroxylation sites is 1. The predicted octanol–water partition coefficient (Wildman–Crippen LogP) is 0.853. The van der Waals surface area contributed by atoms with Crippen LogP contribution < -0.4 is 10.6 Å². The summed E-state index contributed by atoms with van der Waals surface area (Å²) in [7, 11) is 3.57. The molecule has 1 aromatic carbocycles. The van der Waals surface area contributed by atoms with Gasteiger partial charge in [-0.25, -0.2) is 0 Å². The third-order valence-electron chi connectivity index (χ3n) is 3.48. The van der Waals surface area contributed by atoms with E-state index in [1.165, 1.54) is 5.56 Å². The molecule has 0 saturated heterocycles. The molecule has 0 radical (unpaired) electrons. The fourth-order valence-corrected chi connectivity index (χ4v) is 2.54. The molecule has 1 aliphatic heterocycles. The lowest BCUT2D eigenvalue weighted by Gasteiger charge is -2.38. The molecule has 0 saturated carbocycles. The Hall–Kier alpha value is -1.55. The summed E-state index contributed by atoms with van der Waals surface area (Å²) in [4.78, 5) is 15.9. The van der Waals surface area contributed by atoms with Crippen LogP contribution in [0.15, 0.2) is 24.3 Å². The second-order valence-corrected chi connectivity index (χ2v) is 5.15. The van der Waals surface area contributed by atoms with Crippen LogP contribution in [0.2, 0.25) is 0 Å². The molecule has 4 heteroatoms. The molecule has 0 spiro atoms. The van der Waals surface area contributed by atoms with Crippen molar-refractivity contribution in [2.24, 2.45) is 5.73 Å². The molecule has 1 heterocycles. The number of rotatable bonds is 2. The summed E-state index contributed by atoms with van der Waals surface area (Å²) in [6, 6.07) is 8.11. The number of fused-ring (bicyclic) bond motifs is 1. The van der Waals surface area contributed by atoms with Crippen molar-refractivity contribution < 1.29 is 4.79 Å². The van der Waals surface area contributed by atoms with Crippen molar-refractivity contribution in [3.05, 3.63) is 29.8 Å². The molecule has 1 aromatic rings. The number of carbonyl (C=O) groups excluding carboxylic acids is 1. The van der Waals surface area contributed by atoms with Crippen LogP contribution in [-0.2, 0) is 11.2 Å². The van der Waals surface area contributed by atoms with Crippen LogP contribution in [0, 0.1) is 0 Å². The van der Waals surface area contributed by atoms with E-state index >= 15 is 0 Å². The Labute approximate surface area is 108 Å². The smallest absolute Gasteiger partial charge is 0.244 e. The van der Waals surface area contributed by atoms with E-state index in [0.717, 1.165) is 18.7 Å². The largest absolute Gasteiger partial charge is 0.358 e. The summed E-state index contributed by atoms with van der Waals surface area (Å²) in [5.74, 6) is 0.110. The van der Waals surface area contributed by atoms with E-state index in [1.807, 2.05) is 19.1 Å². The number of amides is 1. The number of likely N-dealkylation sites (N-methyl/N-ethyl adjacent to an activating group) is 1. The van der Waals surface area contributed by atoms with Gasteiger partial charge in [0, 0.05) is 32.4 Å². The molecule has 1 aliphatic rings. The number of hydrogen-bond acceptors (Lipinski definition) is 3. The predicted molar refractivity (Wildman–Crippen MR) is 73.6 cm³/mol. The molecule has 0 aliphatic carbocycles. The zero-order valence-electron chi connectivity index (χ0n) is 11.3. The average molecular weight is 247 g/mol. The Morgan fingerprint density at radius 2 is 2.11 bits per heavy atom. The SMILES string of the molecule is CC(C(=O)N(C)C)N1CC(N)Cc2ccccc21. The highest BCUT2D eigenvalue weighted by atomic mass is 16.2. The Bertz CT molecular complexity index is 444. The quantitative estimate of drug-likeness (QED) is 0.843. The van der Waals surface area contributed by atoms with E-state index < -0.39 is 0 Å². The summed E-state index contributed by atoms with van der Waals surface area (Å²) in [5, 5.41) is 0. The molecule has 2 unspecified atom stereocenters. The van der Waals surface area contributed by atoms with Gasteiger partial charge in [0.05, 0.1) is 0 Å². The summed E-state index contributed by atoms with van der Waals surface area (Å²) >= 11 is 0. The number of nitrogens with two attached hydrogens (primary N) is 1.